The molecule has 0 heterocycles. The molecule has 0 radical (unpaired) electrons. The molecule has 2 aromatic rings. The second kappa shape index (κ2) is 9.08. The minimum Gasteiger partial charge on any atom is -0.508 e. The van der Waals surface area contributed by atoms with Crippen molar-refractivity contribution in [1.82, 2.24) is 0 Å². The smallest absolute Gasteiger partial charge is 0.348 e. The lowest BCUT2D eigenvalue weighted by atomic mass is 10.1. The summed E-state index contributed by atoms with van der Waals surface area (Å²) in [6.07, 6.45) is 1.73. The van der Waals surface area contributed by atoms with Gasteiger partial charge in [-0.15, -0.1) is 0 Å². The zero-order chi connectivity index (χ0) is 20.7. The summed E-state index contributed by atoms with van der Waals surface area (Å²) in [5, 5.41) is 18.7. The van der Waals surface area contributed by atoms with E-state index in [1.54, 1.807) is 45.0 Å². The Labute approximate surface area is 164 Å². The molecule has 0 saturated heterocycles. The van der Waals surface area contributed by atoms with Gasteiger partial charge in [-0.05, 0) is 62.2 Å². The van der Waals surface area contributed by atoms with Gasteiger partial charge < -0.3 is 19.7 Å². The number of carbonyl (C=O) groups excluding carboxylic acids is 2. The Morgan fingerprint density at radius 2 is 1.50 bits per heavy atom. The molecule has 0 fully saturated rings. The largest absolute Gasteiger partial charge is 0.508 e. The molecule has 1 atom stereocenters. The SMILES string of the molecule is CC(C)(C)OC(=O)[C@H](Cc1ccc(O)cc1)OC(=O)/C=C/c1ccc(O)cc1. The number of benzene rings is 2. The van der Waals surface area contributed by atoms with Crippen LogP contribution < -0.4 is 0 Å². The molecule has 0 unspecified atom stereocenters. The minimum absolute atomic E-state index is 0.103. The molecule has 2 aromatic carbocycles. The summed E-state index contributed by atoms with van der Waals surface area (Å²) in [7, 11) is 0. The van der Waals surface area contributed by atoms with E-state index in [4.69, 9.17) is 9.47 Å². The van der Waals surface area contributed by atoms with Crippen molar-refractivity contribution in [3.8, 4) is 11.5 Å². The molecule has 0 spiro atoms. The van der Waals surface area contributed by atoms with Gasteiger partial charge in [0.1, 0.15) is 17.1 Å². The van der Waals surface area contributed by atoms with Gasteiger partial charge in [0, 0.05) is 12.5 Å². The number of phenolic OH excluding ortho intramolecular Hbond substituents is 2. The summed E-state index contributed by atoms with van der Waals surface area (Å²) in [6, 6.07) is 12.6. The number of carbonyl (C=O) groups is 2. The van der Waals surface area contributed by atoms with E-state index in [0.29, 0.717) is 11.1 Å². The van der Waals surface area contributed by atoms with Crippen LogP contribution in [0.4, 0.5) is 0 Å². The van der Waals surface area contributed by atoms with Crippen LogP contribution >= 0.6 is 0 Å². The number of aromatic hydroxyl groups is 2. The predicted molar refractivity (Wildman–Crippen MR) is 105 cm³/mol. The van der Waals surface area contributed by atoms with Gasteiger partial charge in [-0.3, -0.25) is 0 Å². The third kappa shape index (κ3) is 7.15. The molecule has 0 aliphatic heterocycles. The second-order valence-electron chi connectivity index (χ2n) is 7.25. The van der Waals surface area contributed by atoms with Crippen LogP contribution in [0.5, 0.6) is 11.5 Å². The molecule has 2 N–H and O–H groups in total. The van der Waals surface area contributed by atoms with Crippen LogP contribution in [0.3, 0.4) is 0 Å². The molecule has 0 amide bonds. The Morgan fingerprint density at radius 3 is 2.04 bits per heavy atom. The highest BCUT2D eigenvalue weighted by molar-refractivity contribution is 5.89. The highest BCUT2D eigenvalue weighted by atomic mass is 16.6. The molecule has 28 heavy (non-hydrogen) atoms. The zero-order valence-electron chi connectivity index (χ0n) is 16.1. The van der Waals surface area contributed by atoms with E-state index in [-0.39, 0.29) is 17.9 Å². The average molecular weight is 384 g/mol. The molecule has 0 saturated carbocycles. The van der Waals surface area contributed by atoms with Crippen molar-refractivity contribution in [3.63, 3.8) is 0 Å². The van der Waals surface area contributed by atoms with E-state index in [0.717, 1.165) is 0 Å². The molecular formula is C22H24O6. The van der Waals surface area contributed by atoms with Crippen molar-refractivity contribution < 1.29 is 29.3 Å². The highest BCUT2D eigenvalue weighted by Gasteiger charge is 2.28. The Balaban J connectivity index is 2.10. The normalized spacial score (nSPS) is 12.5. The Morgan fingerprint density at radius 1 is 0.964 bits per heavy atom. The standard InChI is InChI=1S/C22H24O6/c1-22(2,3)28-21(26)19(14-16-6-11-18(24)12-7-16)27-20(25)13-8-15-4-9-17(23)10-5-15/h4-13,19,23-24H,14H2,1-3H3/b13-8+/t19-/m0/s1. The van der Waals surface area contributed by atoms with Gasteiger partial charge in [0.25, 0.3) is 0 Å². The van der Waals surface area contributed by atoms with Crippen LogP contribution in [0.15, 0.2) is 54.6 Å². The number of hydrogen-bond acceptors (Lipinski definition) is 6. The van der Waals surface area contributed by atoms with E-state index in [1.807, 2.05) is 0 Å². The molecule has 0 aromatic heterocycles. The number of rotatable bonds is 6. The van der Waals surface area contributed by atoms with Gasteiger partial charge in [-0.1, -0.05) is 24.3 Å². The average Bonchev–Trinajstić information content (AvgIpc) is 2.61. The molecule has 0 aliphatic rings. The minimum atomic E-state index is -1.12. The van der Waals surface area contributed by atoms with Crippen LogP contribution in [-0.4, -0.2) is 33.9 Å². The van der Waals surface area contributed by atoms with E-state index in [9.17, 15) is 19.8 Å². The van der Waals surface area contributed by atoms with E-state index in [2.05, 4.69) is 0 Å². The van der Waals surface area contributed by atoms with Gasteiger partial charge in [0.05, 0.1) is 0 Å². The van der Waals surface area contributed by atoms with Crippen LogP contribution in [0.25, 0.3) is 6.08 Å². The summed E-state index contributed by atoms with van der Waals surface area (Å²) in [5.74, 6) is -1.11. The second-order valence-corrected chi connectivity index (χ2v) is 7.25. The van der Waals surface area contributed by atoms with Gasteiger partial charge in [0.15, 0.2) is 0 Å². The van der Waals surface area contributed by atoms with Gasteiger partial charge in [-0.25, -0.2) is 9.59 Å². The topological polar surface area (TPSA) is 93.1 Å². The van der Waals surface area contributed by atoms with E-state index < -0.39 is 23.6 Å². The molecule has 2 rings (SSSR count). The quantitative estimate of drug-likeness (QED) is 0.584. The number of esters is 2. The third-order valence-electron chi connectivity index (χ3n) is 3.59. The first-order valence-corrected chi connectivity index (χ1v) is 8.81. The summed E-state index contributed by atoms with van der Waals surface area (Å²) in [5.41, 5.74) is 0.685. The predicted octanol–water partition coefficient (Wildman–Crippen LogP) is 3.61. The van der Waals surface area contributed by atoms with Crippen molar-refractivity contribution in [1.29, 1.82) is 0 Å². The molecule has 0 bridgehead atoms. The van der Waals surface area contributed by atoms with Crippen molar-refractivity contribution in [2.45, 2.75) is 38.9 Å². The number of ether oxygens (including phenoxy) is 2. The van der Waals surface area contributed by atoms with Gasteiger partial charge >= 0.3 is 11.9 Å². The van der Waals surface area contributed by atoms with Crippen molar-refractivity contribution in [2.75, 3.05) is 0 Å². The van der Waals surface area contributed by atoms with Crippen molar-refractivity contribution >= 4 is 18.0 Å². The maximum absolute atomic E-state index is 12.5. The summed E-state index contributed by atoms with van der Waals surface area (Å²) >= 11 is 0. The van der Waals surface area contributed by atoms with Crippen molar-refractivity contribution in [2.24, 2.45) is 0 Å². The maximum atomic E-state index is 12.5. The fourth-order valence-electron chi connectivity index (χ4n) is 2.32. The molecule has 6 nitrogen and oxygen atoms in total. The first kappa shape index (κ1) is 21.0. The summed E-state index contributed by atoms with van der Waals surface area (Å²) < 4.78 is 10.7. The monoisotopic (exact) mass is 384 g/mol. The first-order valence-electron chi connectivity index (χ1n) is 8.81. The van der Waals surface area contributed by atoms with Crippen LogP contribution in [0, 0.1) is 0 Å². The molecule has 0 aliphatic carbocycles. The fraction of sp³-hybridized carbons (Fsp3) is 0.273. The summed E-state index contributed by atoms with van der Waals surface area (Å²) in [4.78, 5) is 24.7. The lowest BCUT2D eigenvalue weighted by Gasteiger charge is -2.23. The van der Waals surface area contributed by atoms with Crippen LogP contribution in [0.2, 0.25) is 0 Å². The van der Waals surface area contributed by atoms with E-state index in [1.165, 1.54) is 36.4 Å². The lowest BCUT2D eigenvalue weighted by molar-refractivity contribution is -0.173. The number of phenols is 2. The zero-order valence-corrected chi connectivity index (χ0v) is 16.1. The molecular weight excluding hydrogens is 360 g/mol. The fourth-order valence-corrected chi connectivity index (χ4v) is 2.32. The lowest BCUT2D eigenvalue weighted by Crippen LogP contribution is -2.36. The molecule has 6 heteroatoms. The maximum Gasteiger partial charge on any atom is 0.348 e. The van der Waals surface area contributed by atoms with Gasteiger partial charge in [-0.2, -0.15) is 0 Å². The Bertz CT molecular complexity index is 829. The highest BCUT2D eigenvalue weighted by Crippen LogP contribution is 2.17. The Hall–Kier alpha value is -3.28. The van der Waals surface area contributed by atoms with Gasteiger partial charge in [0.2, 0.25) is 6.10 Å². The number of hydrogen-bond donors (Lipinski definition) is 2. The summed E-state index contributed by atoms with van der Waals surface area (Å²) in [6.45, 7) is 5.19. The third-order valence-corrected chi connectivity index (χ3v) is 3.59. The van der Waals surface area contributed by atoms with Crippen LogP contribution in [0.1, 0.15) is 31.9 Å². The molecule has 148 valence electrons. The Kier molecular flexibility index (Phi) is 6.82. The van der Waals surface area contributed by atoms with Crippen LogP contribution in [-0.2, 0) is 25.5 Å². The van der Waals surface area contributed by atoms with Crippen molar-refractivity contribution in [3.05, 3.63) is 65.7 Å². The van der Waals surface area contributed by atoms with E-state index >= 15 is 0 Å². The first-order chi connectivity index (χ1) is 13.1.